The maximum Gasteiger partial charge on any atom is 0.238 e. The molecule has 9 nitrogen and oxygen atoms in total. The summed E-state index contributed by atoms with van der Waals surface area (Å²) in [6.07, 6.45) is 3.55. The lowest BCUT2D eigenvalue weighted by molar-refractivity contribution is -0.123. The molecule has 1 heterocycles. The van der Waals surface area contributed by atoms with Gasteiger partial charge in [0.15, 0.2) is 17.3 Å². The van der Waals surface area contributed by atoms with Gasteiger partial charge in [0, 0.05) is 45.9 Å². The molecule has 2 aromatic carbocycles. The van der Waals surface area contributed by atoms with E-state index >= 15 is 0 Å². The van der Waals surface area contributed by atoms with Crippen molar-refractivity contribution in [3.8, 4) is 17.2 Å². The number of amides is 2. The van der Waals surface area contributed by atoms with Crippen LogP contribution >= 0.6 is 0 Å². The standard InChI is InChI=1S/C33H29NO8/c1-15-11-24(36)23-14-22-20(28(29(23)31(15)38)30-25(37)12-19(41-3)13-26(30)42-4)9-10-21-27(22)33(40)34(32(21)39)18-7-5-17(6-8-18)16(2)35/h5-9,11-13,21-22,27-28,37H,10,14H2,1-4H3/t21-,22+,27-,28-/m0/s1. The predicted octanol–water partition coefficient (Wildman–Crippen LogP) is 4.25. The van der Waals surface area contributed by atoms with Gasteiger partial charge in [-0.3, -0.25) is 28.9 Å². The van der Waals surface area contributed by atoms with Crippen molar-refractivity contribution in [2.24, 2.45) is 17.8 Å². The minimum atomic E-state index is -0.868. The highest BCUT2D eigenvalue weighted by atomic mass is 16.5. The van der Waals surface area contributed by atoms with Gasteiger partial charge in [0.05, 0.1) is 31.7 Å². The van der Waals surface area contributed by atoms with Crippen LogP contribution in [0.25, 0.3) is 0 Å². The molecule has 0 spiro atoms. The van der Waals surface area contributed by atoms with E-state index in [4.69, 9.17) is 9.47 Å². The number of carbonyl (C=O) groups is 5. The number of fused-ring (bicyclic) bond motifs is 3. The molecule has 1 N–H and O–H groups in total. The Kier molecular flexibility index (Phi) is 6.48. The highest BCUT2D eigenvalue weighted by Gasteiger charge is 2.57. The number of benzene rings is 2. The second kappa shape index (κ2) is 9.94. The van der Waals surface area contributed by atoms with Crippen LogP contribution in [0.4, 0.5) is 5.69 Å². The maximum absolute atomic E-state index is 14.0. The summed E-state index contributed by atoms with van der Waals surface area (Å²) < 4.78 is 10.9. The summed E-state index contributed by atoms with van der Waals surface area (Å²) in [5, 5.41) is 11.2. The zero-order valence-corrected chi connectivity index (χ0v) is 23.6. The Morgan fingerprint density at radius 3 is 2.33 bits per heavy atom. The van der Waals surface area contributed by atoms with E-state index in [9.17, 15) is 29.1 Å². The highest BCUT2D eigenvalue weighted by molar-refractivity contribution is 6.25. The molecular formula is C33H29NO8. The van der Waals surface area contributed by atoms with Gasteiger partial charge in [0.1, 0.15) is 17.2 Å². The van der Waals surface area contributed by atoms with Gasteiger partial charge >= 0.3 is 0 Å². The fourth-order valence-corrected chi connectivity index (χ4v) is 6.96. The van der Waals surface area contributed by atoms with Crippen molar-refractivity contribution in [3.63, 3.8) is 0 Å². The topological polar surface area (TPSA) is 127 Å². The third kappa shape index (κ3) is 3.94. The summed E-state index contributed by atoms with van der Waals surface area (Å²) in [5.41, 5.74) is 2.65. The number of imide groups is 1. The Morgan fingerprint density at radius 2 is 1.69 bits per heavy atom. The SMILES string of the molecule is COc1cc(O)c([C@H]2C3=CC[C@@H]4C(=O)N(c5ccc(C(C)=O)cc5)C(=O)[C@@H]4[C@@H]3CC3=C2C(=O)C(C)=CC3=O)c(OC)c1. The fourth-order valence-electron chi connectivity index (χ4n) is 6.96. The van der Waals surface area contributed by atoms with Gasteiger partial charge in [-0.25, -0.2) is 0 Å². The first-order valence-corrected chi connectivity index (χ1v) is 13.7. The number of phenolic OH excluding ortho intramolecular Hbond substituents is 1. The number of carbonyl (C=O) groups excluding carboxylic acids is 5. The molecule has 3 aliphatic carbocycles. The van der Waals surface area contributed by atoms with Crippen LogP contribution in [0.3, 0.4) is 0 Å². The van der Waals surface area contributed by atoms with E-state index in [0.717, 1.165) is 4.90 Å². The number of phenols is 1. The van der Waals surface area contributed by atoms with Gasteiger partial charge in [0.25, 0.3) is 0 Å². The Hall–Kier alpha value is -4.79. The number of hydrogen-bond acceptors (Lipinski definition) is 8. The number of allylic oxidation sites excluding steroid dienone is 6. The minimum absolute atomic E-state index is 0.114. The number of rotatable bonds is 5. The summed E-state index contributed by atoms with van der Waals surface area (Å²) in [4.78, 5) is 67.6. The second-order valence-corrected chi connectivity index (χ2v) is 11.1. The van der Waals surface area contributed by atoms with E-state index in [1.54, 1.807) is 37.3 Å². The first-order chi connectivity index (χ1) is 20.1. The van der Waals surface area contributed by atoms with Crippen LogP contribution in [0.5, 0.6) is 17.2 Å². The number of nitrogens with zero attached hydrogens (tertiary/aromatic N) is 1. The molecular weight excluding hydrogens is 538 g/mol. The lowest BCUT2D eigenvalue weighted by Gasteiger charge is -2.42. The van der Waals surface area contributed by atoms with Crippen LogP contribution < -0.4 is 14.4 Å². The van der Waals surface area contributed by atoms with Crippen LogP contribution in [-0.2, 0) is 19.2 Å². The molecule has 42 heavy (non-hydrogen) atoms. The average Bonchev–Trinajstić information content (AvgIpc) is 3.24. The third-order valence-electron chi connectivity index (χ3n) is 8.93. The number of hydrogen-bond donors (Lipinski definition) is 1. The molecule has 0 unspecified atom stereocenters. The molecule has 214 valence electrons. The van der Waals surface area contributed by atoms with Crippen molar-refractivity contribution >= 4 is 34.9 Å². The van der Waals surface area contributed by atoms with Crippen LogP contribution in [0.2, 0.25) is 0 Å². The average molecular weight is 568 g/mol. The molecule has 1 saturated heterocycles. The number of anilines is 1. The summed E-state index contributed by atoms with van der Waals surface area (Å²) in [6.45, 7) is 3.02. The van der Waals surface area contributed by atoms with Crippen molar-refractivity contribution < 1.29 is 38.6 Å². The molecule has 1 fully saturated rings. The number of aromatic hydroxyl groups is 1. The van der Waals surface area contributed by atoms with E-state index in [1.807, 2.05) is 6.08 Å². The molecule has 4 atom stereocenters. The number of ketones is 3. The van der Waals surface area contributed by atoms with E-state index in [0.29, 0.717) is 28.1 Å². The van der Waals surface area contributed by atoms with Crippen molar-refractivity contribution in [1.29, 1.82) is 0 Å². The molecule has 2 aromatic rings. The van der Waals surface area contributed by atoms with Crippen LogP contribution in [0.1, 0.15) is 48.5 Å². The number of methoxy groups -OCH3 is 2. The zero-order chi connectivity index (χ0) is 30.0. The Labute approximate surface area is 242 Å². The van der Waals surface area contributed by atoms with Gasteiger partial charge in [-0.05, 0) is 62.9 Å². The van der Waals surface area contributed by atoms with E-state index in [-0.39, 0.29) is 64.3 Å². The third-order valence-corrected chi connectivity index (χ3v) is 8.93. The van der Waals surface area contributed by atoms with Gasteiger partial charge in [-0.2, -0.15) is 0 Å². The highest BCUT2D eigenvalue weighted by Crippen LogP contribution is 2.58. The number of Topliss-reactive ketones (excluding diaryl/α,β-unsaturated/α-hetero) is 2. The van der Waals surface area contributed by atoms with E-state index in [2.05, 4.69) is 0 Å². The lowest BCUT2D eigenvalue weighted by atomic mass is 9.59. The first-order valence-electron chi connectivity index (χ1n) is 13.7. The van der Waals surface area contributed by atoms with Crippen molar-refractivity contribution in [3.05, 3.63) is 82.0 Å². The maximum atomic E-state index is 14.0. The largest absolute Gasteiger partial charge is 0.507 e. The first kappa shape index (κ1) is 27.4. The summed E-state index contributed by atoms with van der Waals surface area (Å²) >= 11 is 0. The molecule has 0 radical (unpaired) electrons. The Bertz CT molecular complexity index is 1690. The predicted molar refractivity (Wildman–Crippen MR) is 151 cm³/mol. The molecule has 9 heteroatoms. The normalized spacial score (nSPS) is 25.0. The van der Waals surface area contributed by atoms with Crippen LogP contribution in [-0.4, -0.2) is 48.5 Å². The van der Waals surface area contributed by atoms with E-state index in [1.165, 1.54) is 33.3 Å². The zero-order valence-electron chi connectivity index (χ0n) is 23.6. The molecule has 6 rings (SSSR count). The Morgan fingerprint density at radius 1 is 0.976 bits per heavy atom. The molecule has 0 bridgehead atoms. The minimum Gasteiger partial charge on any atom is -0.507 e. The summed E-state index contributed by atoms with van der Waals surface area (Å²) in [6, 6.07) is 9.34. The van der Waals surface area contributed by atoms with Crippen molar-refractivity contribution in [2.75, 3.05) is 19.1 Å². The Balaban J connectivity index is 1.50. The molecule has 4 aliphatic rings. The van der Waals surface area contributed by atoms with Gasteiger partial charge in [-0.1, -0.05) is 11.6 Å². The van der Waals surface area contributed by atoms with Gasteiger partial charge < -0.3 is 14.6 Å². The molecule has 2 amide bonds. The van der Waals surface area contributed by atoms with Crippen LogP contribution in [0, 0.1) is 17.8 Å². The smallest absolute Gasteiger partial charge is 0.238 e. The van der Waals surface area contributed by atoms with Gasteiger partial charge in [0.2, 0.25) is 11.8 Å². The van der Waals surface area contributed by atoms with Crippen molar-refractivity contribution in [1.82, 2.24) is 0 Å². The summed E-state index contributed by atoms with van der Waals surface area (Å²) in [7, 11) is 2.89. The van der Waals surface area contributed by atoms with Gasteiger partial charge in [-0.15, -0.1) is 0 Å². The lowest BCUT2D eigenvalue weighted by Crippen LogP contribution is -2.40. The molecule has 0 saturated carbocycles. The van der Waals surface area contributed by atoms with E-state index < -0.39 is 29.6 Å². The monoisotopic (exact) mass is 567 g/mol. The molecule has 1 aliphatic heterocycles. The number of ether oxygens (including phenoxy) is 2. The van der Waals surface area contributed by atoms with Crippen LogP contribution in [0.15, 0.2) is 70.8 Å². The van der Waals surface area contributed by atoms with Crippen molar-refractivity contribution in [2.45, 2.75) is 32.6 Å². The summed E-state index contributed by atoms with van der Waals surface area (Å²) in [5.74, 6) is -3.95. The quantitative estimate of drug-likeness (QED) is 0.246. The fraction of sp³-hybridized carbons (Fsp3) is 0.303. The molecule has 0 aromatic heterocycles. The second-order valence-electron chi connectivity index (χ2n) is 11.1.